The Balaban J connectivity index is 1.69. The Bertz CT molecular complexity index is 839. The second kappa shape index (κ2) is 7.45. The third-order valence-electron chi connectivity index (χ3n) is 4.09. The van der Waals surface area contributed by atoms with Crippen molar-refractivity contribution in [3.05, 3.63) is 46.1 Å². The van der Waals surface area contributed by atoms with Gasteiger partial charge < -0.3 is 10.1 Å². The average molecular weight is 355 g/mol. The molecule has 1 aliphatic carbocycles. The fraction of sp³-hybridized carbons (Fsp3) is 0.333. The summed E-state index contributed by atoms with van der Waals surface area (Å²) in [6.45, 7) is 1.51. The van der Waals surface area contributed by atoms with E-state index < -0.39 is 18.0 Å². The van der Waals surface area contributed by atoms with E-state index >= 15 is 0 Å². The van der Waals surface area contributed by atoms with E-state index in [0.29, 0.717) is 16.1 Å². The fourth-order valence-corrected chi connectivity index (χ4v) is 4.00. The predicted octanol–water partition coefficient (Wildman–Crippen LogP) is 3.08. The first-order valence-corrected chi connectivity index (χ1v) is 8.88. The molecule has 3 rings (SSSR count). The van der Waals surface area contributed by atoms with Gasteiger partial charge in [-0.05, 0) is 50.3 Å². The highest BCUT2D eigenvalue weighted by Crippen LogP contribution is 2.37. The zero-order valence-electron chi connectivity index (χ0n) is 13.7. The molecule has 0 saturated heterocycles. The number of rotatable bonds is 4. The number of hydrogen-bond acceptors (Lipinski definition) is 6. The fourth-order valence-electron chi connectivity index (χ4n) is 2.76. The van der Waals surface area contributed by atoms with Gasteiger partial charge in [-0.1, -0.05) is 0 Å². The number of ether oxygens (including phenoxy) is 1. The number of hydrogen-bond donors (Lipinski definition) is 1. The molecular weight excluding hydrogens is 338 g/mol. The first-order valence-electron chi connectivity index (χ1n) is 8.06. The van der Waals surface area contributed by atoms with Crippen molar-refractivity contribution in [2.24, 2.45) is 0 Å². The van der Waals surface area contributed by atoms with Crippen molar-refractivity contribution in [2.75, 3.05) is 5.32 Å². The summed E-state index contributed by atoms with van der Waals surface area (Å²) < 4.78 is 5.19. The van der Waals surface area contributed by atoms with Gasteiger partial charge >= 0.3 is 5.97 Å². The molecule has 6 nitrogen and oxygen atoms in total. The van der Waals surface area contributed by atoms with Crippen LogP contribution in [-0.4, -0.2) is 23.0 Å². The number of carbonyl (C=O) groups excluding carboxylic acids is 2. The van der Waals surface area contributed by atoms with Crippen LogP contribution >= 0.6 is 11.3 Å². The maximum atomic E-state index is 12.4. The van der Waals surface area contributed by atoms with Crippen LogP contribution in [0.15, 0.2) is 24.5 Å². The van der Waals surface area contributed by atoms with E-state index in [1.165, 1.54) is 47.7 Å². The number of nitrogens with zero attached hydrogens (tertiary/aromatic N) is 2. The number of pyridine rings is 1. The standard InChI is InChI=1S/C18H17N3O3S/c1-11(24-18(23)12-6-8-20-9-7-12)16(22)21-17-14(10-19)13-4-2-3-5-15(13)25-17/h6-9,11H,2-5H2,1H3,(H,21,22). The zero-order valence-corrected chi connectivity index (χ0v) is 14.6. The second-order valence-corrected chi connectivity index (χ2v) is 6.90. The van der Waals surface area contributed by atoms with E-state index in [0.717, 1.165) is 31.2 Å². The molecule has 1 atom stereocenters. The van der Waals surface area contributed by atoms with Crippen LogP contribution in [-0.2, 0) is 22.4 Å². The Morgan fingerprint density at radius 2 is 2.04 bits per heavy atom. The second-order valence-electron chi connectivity index (χ2n) is 5.80. The monoisotopic (exact) mass is 355 g/mol. The zero-order chi connectivity index (χ0) is 17.8. The van der Waals surface area contributed by atoms with Crippen LogP contribution in [0.5, 0.6) is 0 Å². The van der Waals surface area contributed by atoms with Gasteiger partial charge in [0.1, 0.15) is 11.1 Å². The van der Waals surface area contributed by atoms with Crippen molar-refractivity contribution in [3.63, 3.8) is 0 Å². The van der Waals surface area contributed by atoms with Gasteiger partial charge in [0.2, 0.25) is 0 Å². The number of amides is 1. The van der Waals surface area contributed by atoms with E-state index in [-0.39, 0.29) is 0 Å². The van der Waals surface area contributed by atoms with Crippen LogP contribution in [0.1, 0.15) is 46.1 Å². The number of carbonyl (C=O) groups is 2. The summed E-state index contributed by atoms with van der Waals surface area (Å²) >= 11 is 1.44. The molecular formula is C18H17N3O3S. The molecule has 1 unspecified atom stereocenters. The highest BCUT2D eigenvalue weighted by atomic mass is 32.1. The number of fused-ring (bicyclic) bond motifs is 1. The Labute approximate surface area is 149 Å². The van der Waals surface area contributed by atoms with Crippen LogP contribution in [0.2, 0.25) is 0 Å². The molecule has 7 heteroatoms. The molecule has 128 valence electrons. The Morgan fingerprint density at radius 3 is 2.76 bits per heavy atom. The topological polar surface area (TPSA) is 92.1 Å². The average Bonchev–Trinajstić information content (AvgIpc) is 2.99. The smallest absolute Gasteiger partial charge is 0.339 e. The predicted molar refractivity (Wildman–Crippen MR) is 93.4 cm³/mol. The SMILES string of the molecule is CC(OC(=O)c1ccncc1)C(=O)Nc1sc2c(c1C#N)CCCC2. The summed E-state index contributed by atoms with van der Waals surface area (Å²) in [6, 6.07) is 5.24. The number of nitriles is 1. The quantitative estimate of drug-likeness (QED) is 0.851. The summed E-state index contributed by atoms with van der Waals surface area (Å²) in [5, 5.41) is 12.7. The van der Waals surface area contributed by atoms with Gasteiger partial charge in [0.25, 0.3) is 5.91 Å². The molecule has 0 fully saturated rings. The lowest BCUT2D eigenvalue weighted by atomic mass is 9.96. The normalized spacial score (nSPS) is 14.1. The number of aromatic nitrogens is 1. The molecule has 0 aromatic carbocycles. The lowest BCUT2D eigenvalue weighted by molar-refractivity contribution is -0.123. The van der Waals surface area contributed by atoms with Gasteiger partial charge in [0.15, 0.2) is 6.10 Å². The van der Waals surface area contributed by atoms with Crippen molar-refractivity contribution < 1.29 is 14.3 Å². The number of anilines is 1. The van der Waals surface area contributed by atoms with Gasteiger partial charge in [0.05, 0.1) is 11.1 Å². The van der Waals surface area contributed by atoms with E-state index in [4.69, 9.17) is 4.74 Å². The minimum atomic E-state index is -0.966. The molecule has 1 aliphatic rings. The largest absolute Gasteiger partial charge is 0.449 e. The van der Waals surface area contributed by atoms with E-state index in [1.54, 1.807) is 0 Å². The van der Waals surface area contributed by atoms with Crippen molar-refractivity contribution in [3.8, 4) is 6.07 Å². The highest BCUT2D eigenvalue weighted by Gasteiger charge is 2.24. The number of esters is 1. The van der Waals surface area contributed by atoms with Gasteiger partial charge in [0, 0.05) is 17.3 Å². The third kappa shape index (κ3) is 3.69. The molecule has 25 heavy (non-hydrogen) atoms. The van der Waals surface area contributed by atoms with Crippen LogP contribution in [0.3, 0.4) is 0 Å². The van der Waals surface area contributed by atoms with Gasteiger partial charge in [-0.25, -0.2) is 4.79 Å². The van der Waals surface area contributed by atoms with Crippen LogP contribution in [0.25, 0.3) is 0 Å². The molecule has 0 saturated carbocycles. The molecule has 0 radical (unpaired) electrons. The summed E-state index contributed by atoms with van der Waals surface area (Å²) in [5.74, 6) is -1.03. The molecule has 1 amide bonds. The molecule has 2 aromatic rings. The summed E-state index contributed by atoms with van der Waals surface area (Å²) in [7, 11) is 0. The van der Waals surface area contributed by atoms with Crippen LogP contribution < -0.4 is 5.32 Å². The molecule has 0 bridgehead atoms. The molecule has 0 aliphatic heterocycles. The minimum absolute atomic E-state index is 0.332. The lowest BCUT2D eigenvalue weighted by Crippen LogP contribution is -2.30. The first-order chi connectivity index (χ1) is 12.1. The Morgan fingerprint density at radius 1 is 1.32 bits per heavy atom. The van der Waals surface area contributed by atoms with E-state index in [9.17, 15) is 14.9 Å². The molecule has 1 N–H and O–H groups in total. The summed E-state index contributed by atoms with van der Waals surface area (Å²) in [5.41, 5.74) is 1.93. The Hall–Kier alpha value is -2.72. The summed E-state index contributed by atoms with van der Waals surface area (Å²) in [6.07, 6.45) is 5.98. The minimum Gasteiger partial charge on any atom is -0.449 e. The van der Waals surface area contributed by atoms with Gasteiger partial charge in [-0.15, -0.1) is 11.3 Å². The van der Waals surface area contributed by atoms with Gasteiger partial charge in [-0.2, -0.15) is 5.26 Å². The molecule has 0 spiro atoms. The summed E-state index contributed by atoms with van der Waals surface area (Å²) in [4.78, 5) is 29.4. The van der Waals surface area contributed by atoms with Crippen molar-refractivity contribution in [1.29, 1.82) is 5.26 Å². The van der Waals surface area contributed by atoms with E-state index in [1.807, 2.05) is 0 Å². The van der Waals surface area contributed by atoms with Crippen molar-refractivity contribution >= 4 is 28.2 Å². The van der Waals surface area contributed by atoms with E-state index in [2.05, 4.69) is 16.4 Å². The van der Waals surface area contributed by atoms with Gasteiger partial charge in [-0.3, -0.25) is 9.78 Å². The number of aryl methyl sites for hydroxylation is 1. The van der Waals surface area contributed by atoms with Crippen LogP contribution in [0.4, 0.5) is 5.00 Å². The van der Waals surface area contributed by atoms with Crippen LogP contribution in [0, 0.1) is 11.3 Å². The first kappa shape index (κ1) is 17.1. The number of thiophene rings is 1. The number of nitrogens with one attached hydrogen (secondary N) is 1. The van der Waals surface area contributed by atoms with Crippen molar-refractivity contribution in [2.45, 2.75) is 38.7 Å². The molecule has 2 heterocycles. The third-order valence-corrected chi connectivity index (χ3v) is 5.30. The maximum Gasteiger partial charge on any atom is 0.339 e. The van der Waals surface area contributed by atoms with Crippen molar-refractivity contribution in [1.82, 2.24) is 4.98 Å². The maximum absolute atomic E-state index is 12.4. The Kier molecular flexibility index (Phi) is 5.10. The molecule has 2 aromatic heterocycles. The highest BCUT2D eigenvalue weighted by molar-refractivity contribution is 7.16. The lowest BCUT2D eigenvalue weighted by Gasteiger charge is -2.13.